The average Bonchev–Trinajstić information content (AvgIpc) is 2.88. The number of aromatic amines is 1. The summed E-state index contributed by atoms with van der Waals surface area (Å²) >= 11 is 0. The predicted octanol–water partition coefficient (Wildman–Crippen LogP) is 1.95. The first-order chi connectivity index (χ1) is 12.2. The van der Waals surface area contributed by atoms with Crippen LogP contribution in [0.1, 0.15) is 49.5 Å². The lowest BCUT2D eigenvalue weighted by Crippen LogP contribution is -2.48. The highest BCUT2D eigenvalue weighted by molar-refractivity contribution is 5.92. The summed E-state index contributed by atoms with van der Waals surface area (Å²) in [7, 11) is 0. The molecule has 25 heavy (non-hydrogen) atoms. The second-order valence-electron chi connectivity index (χ2n) is 7.18. The summed E-state index contributed by atoms with van der Waals surface area (Å²) in [5, 5.41) is 0. The lowest BCUT2D eigenvalue weighted by molar-refractivity contribution is -0.136. The molecular formula is C19H30N4O2. The molecule has 0 spiro atoms. The number of hydrogen-bond donors (Lipinski definition) is 1. The van der Waals surface area contributed by atoms with E-state index in [0.717, 1.165) is 26.1 Å². The molecule has 6 nitrogen and oxygen atoms in total. The van der Waals surface area contributed by atoms with E-state index >= 15 is 0 Å². The molecule has 0 aliphatic carbocycles. The number of likely N-dealkylation sites (tertiary alicyclic amines) is 1. The molecule has 1 N–H and O–H groups in total. The highest BCUT2D eigenvalue weighted by Gasteiger charge is 2.29. The second-order valence-corrected chi connectivity index (χ2v) is 7.18. The minimum absolute atomic E-state index is 0.0277. The van der Waals surface area contributed by atoms with Gasteiger partial charge in [0.25, 0.3) is 5.91 Å². The van der Waals surface area contributed by atoms with Crippen LogP contribution in [0.4, 0.5) is 0 Å². The van der Waals surface area contributed by atoms with E-state index in [9.17, 15) is 9.59 Å². The quantitative estimate of drug-likeness (QED) is 0.910. The van der Waals surface area contributed by atoms with Gasteiger partial charge in [0.05, 0.1) is 6.04 Å². The van der Waals surface area contributed by atoms with Gasteiger partial charge >= 0.3 is 0 Å². The van der Waals surface area contributed by atoms with E-state index in [1.165, 1.54) is 25.7 Å². The SMILES string of the molecule is C[C@@H](C(=O)N1CCCN(C(=O)c2ccc[nH]2)CC1)N1CCCCCC1. The van der Waals surface area contributed by atoms with Crippen molar-refractivity contribution in [3.05, 3.63) is 24.0 Å². The van der Waals surface area contributed by atoms with Gasteiger partial charge in [0.15, 0.2) is 0 Å². The number of nitrogens with one attached hydrogen (secondary N) is 1. The monoisotopic (exact) mass is 346 g/mol. The van der Waals surface area contributed by atoms with Crippen LogP contribution < -0.4 is 0 Å². The van der Waals surface area contributed by atoms with Gasteiger partial charge in [-0.05, 0) is 51.4 Å². The van der Waals surface area contributed by atoms with Crippen LogP contribution >= 0.6 is 0 Å². The van der Waals surface area contributed by atoms with Gasteiger partial charge in [0.1, 0.15) is 5.69 Å². The summed E-state index contributed by atoms with van der Waals surface area (Å²) in [6.07, 6.45) is 7.54. The van der Waals surface area contributed by atoms with Gasteiger partial charge in [0.2, 0.25) is 5.91 Å². The molecule has 2 saturated heterocycles. The first-order valence-electron chi connectivity index (χ1n) is 9.62. The van der Waals surface area contributed by atoms with E-state index in [-0.39, 0.29) is 17.9 Å². The van der Waals surface area contributed by atoms with Gasteiger partial charge in [-0.1, -0.05) is 12.8 Å². The molecule has 2 aliphatic heterocycles. The summed E-state index contributed by atoms with van der Waals surface area (Å²) in [4.78, 5) is 34.6. The van der Waals surface area contributed by atoms with E-state index in [0.29, 0.717) is 25.3 Å². The van der Waals surface area contributed by atoms with Crippen molar-refractivity contribution in [2.75, 3.05) is 39.3 Å². The Bertz CT molecular complexity index is 564. The fraction of sp³-hybridized carbons (Fsp3) is 0.684. The summed E-state index contributed by atoms with van der Waals surface area (Å²) in [5.74, 6) is 0.246. The van der Waals surface area contributed by atoms with E-state index in [2.05, 4.69) is 9.88 Å². The average molecular weight is 346 g/mol. The van der Waals surface area contributed by atoms with Crippen molar-refractivity contribution in [3.8, 4) is 0 Å². The zero-order chi connectivity index (χ0) is 17.6. The zero-order valence-corrected chi connectivity index (χ0v) is 15.2. The Labute approximate surface area is 150 Å². The van der Waals surface area contributed by atoms with Gasteiger partial charge in [0, 0.05) is 32.4 Å². The van der Waals surface area contributed by atoms with Crippen molar-refractivity contribution >= 4 is 11.8 Å². The molecule has 1 atom stereocenters. The smallest absolute Gasteiger partial charge is 0.270 e. The van der Waals surface area contributed by atoms with Crippen LogP contribution in [-0.2, 0) is 4.79 Å². The van der Waals surface area contributed by atoms with Gasteiger partial charge in [-0.15, -0.1) is 0 Å². The molecule has 138 valence electrons. The lowest BCUT2D eigenvalue weighted by atomic mass is 10.2. The molecule has 2 amide bonds. The number of rotatable bonds is 3. The molecule has 1 aromatic heterocycles. The summed E-state index contributed by atoms with van der Waals surface area (Å²) in [6.45, 7) is 6.78. The Morgan fingerprint density at radius 2 is 1.60 bits per heavy atom. The Morgan fingerprint density at radius 3 is 2.28 bits per heavy atom. The number of carbonyl (C=O) groups is 2. The molecule has 2 aliphatic rings. The number of carbonyl (C=O) groups excluding carboxylic acids is 2. The largest absolute Gasteiger partial charge is 0.357 e. The van der Waals surface area contributed by atoms with Crippen molar-refractivity contribution < 1.29 is 9.59 Å². The predicted molar refractivity (Wildman–Crippen MR) is 97.4 cm³/mol. The molecule has 0 bridgehead atoms. The van der Waals surface area contributed by atoms with Crippen LogP contribution in [0, 0.1) is 0 Å². The second kappa shape index (κ2) is 8.52. The van der Waals surface area contributed by atoms with Gasteiger partial charge in [-0.3, -0.25) is 14.5 Å². The summed E-state index contributed by atoms with van der Waals surface area (Å²) < 4.78 is 0. The zero-order valence-electron chi connectivity index (χ0n) is 15.2. The molecule has 0 saturated carbocycles. The maximum absolute atomic E-state index is 12.9. The van der Waals surface area contributed by atoms with Crippen LogP contribution in [-0.4, -0.2) is 76.8 Å². The van der Waals surface area contributed by atoms with Crippen LogP contribution in [0.5, 0.6) is 0 Å². The maximum Gasteiger partial charge on any atom is 0.270 e. The van der Waals surface area contributed by atoms with Crippen molar-refractivity contribution in [1.82, 2.24) is 19.7 Å². The van der Waals surface area contributed by atoms with E-state index in [1.54, 1.807) is 12.3 Å². The standard InChI is InChI=1S/C19H30N4O2/c1-16(21-10-4-2-3-5-11-21)18(24)22-12-7-13-23(15-14-22)19(25)17-8-6-9-20-17/h6,8-9,16,20H,2-5,7,10-15H2,1H3/t16-/m0/s1. The fourth-order valence-corrected chi connectivity index (χ4v) is 3.88. The summed E-state index contributed by atoms with van der Waals surface area (Å²) in [6, 6.07) is 3.59. The third-order valence-corrected chi connectivity index (χ3v) is 5.47. The van der Waals surface area contributed by atoms with Crippen LogP contribution in [0.2, 0.25) is 0 Å². The minimum Gasteiger partial charge on any atom is -0.357 e. The summed E-state index contributed by atoms with van der Waals surface area (Å²) in [5.41, 5.74) is 0.623. The number of aromatic nitrogens is 1. The lowest BCUT2D eigenvalue weighted by Gasteiger charge is -2.31. The Kier molecular flexibility index (Phi) is 6.13. The topological polar surface area (TPSA) is 59.7 Å². The van der Waals surface area contributed by atoms with Crippen molar-refractivity contribution in [2.24, 2.45) is 0 Å². The van der Waals surface area contributed by atoms with Crippen LogP contribution in [0.3, 0.4) is 0 Å². The molecule has 1 aromatic rings. The molecule has 3 rings (SSSR count). The Morgan fingerprint density at radius 1 is 0.920 bits per heavy atom. The normalized spacial score (nSPS) is 21.5. The maximum atomic E-state index is 12.9. The van der Waals surface area contributed by atoms with E-state index in [1.807, 2.05) is 22.8 Å². The van der Waals surface area contributed by atoms with Crippen molar-refractivity contribution in [1.29, 1.82) is 0 Å². The number of hydrogen-bond acceptors (Lipinski definition) is 3. The Balaban J connectivity index is 1.56. The number of nitrogens with zero attached hydrogens (tertiary/aromatic N) is 3. The molecular weight excluding hydrogens is 316 g/mol. The number of H-pyrrole nitrogens is 1. The minimum atomic E-state index is -0.0521. The van der Waals surface area contributed by atoms with Crippen molar-refractivity contribution in [2.45, 2.75) is 45.1 Å². The van der Waals surface area contributed by atoms with Gasteiger partial charge in [-0.2, -0.15) is 0 Å². The van der Waals surface area contributed by atoms with Crippen LogP contribution in [0.25, 0.3) is 0 Å². The van der Waals surface area contributed by atoms with Gasteiger partial charge < -0.3 is 14.8 Å². The molecule has 0 unspecified atom stereocenters. The fourth-order valence-electron chi connectivity index (χ4n) is 3.88. The molecule has 6 heteroatoms. The van der Waals surface area contributed by atoms with Crippen LogP contribution in [0.15, 0.2) is 18.3 Å². The molecule has 3 heterocycles. The first kappa shape index (κ1) is 18.0. The molecule has 0 aromatic carbocycles. The van der Waals surface area contributed by atoms with Gasteiger partial charge in [-0.25, -0.2) is 0 Å². The molecule has 0 radical (unpaired) electrons. The van der Waals surface area contributed by atoms with E-state index in [4.69, 9.17) is 0 Å². The Hall–Kier alpha value is -1.82. The highest BCUT2D eigenvalue weighted by atomic mass is 16.2. The number of amides is 2. The third-order valence-electron chi connectivity index (χ3n) is 5.47. The molecule has 2 fully saturated rings. The van der Waals surface area contributed by atoms with E-state index < -0.39 is 0 Å². The van der Waals surface area contributed by atoms with Crippen molar-refractivity contribution in [3.63, 3.8) is 0 Å². The third kappa shape index (κ3) is 4.42. The highest BCUT2D eigenvalue weighted by Crippen LogP contribution is 2.15. The first-order valence-corrected chi connectivity index (χ1v) is 9.62.